The maximum Gasteiger partial charge on any atom is 0.229 e. The Morgan fingerprint density at radius 1 is 1.17 bits per heavy atom. The molecule has 29 heavy (non-hydrogen) atoms. The summed E-state index contributed by atoms with van der Waals surface area (Å²) in [6.45, 7) is 1.94. The number of amides is 1. The molecule has 2 aliphatic rings. The molecule has 2 saturated heterocycles. The number of ether oxygens (including phenoxy) is 1. The number of nitrogens with zero attached hydrogens (tertiary/aromatic N) is 2. The number of benzene rings is 1. The molecular formula is C24H29FN2O2. The highest BCUT2D eigenvalue weighted by Gasteiger charge is 2.45. The summed E-state index contributed by atoms with van der Waals surface area (Å²) in [5.41, 5.74) is 1.33. The molecule has 154 valence electrons. The van der Waals surface area contributed by atoms with Gasteiger partial charge in [-0.3, -0.25) is 9.78 Å². The Morgan fingerprint density at radius 3 is 2.69 bits per heavy atom. The number of pyridine rings is 1. The highest BCUT2D eigenvalue weighted by molar-refractivity contribution is 5.84. The van der Waals surface area contributed by atoms with Gasteiger partial charge in [0.25, 0.3) is 0 Å². The van der Waals surface area contributed by atoms with Gasteiger partial charge in [-0.1, -0.05) is 18.2 Å². The molecule has 1 aromatic carbocycles. The fourth-order valence-electron chi connectivity index (χ4n) is 4.83. The molecule has 1 amide bonds. The van der Waals surface area contributed by atoms with E-state index in [1.807, 2.05) is 36.7 Å². The number of likely N-dealkylation sites (tertiary alicyclic amines) is 1. The Kier molecular flexibility index (Phi) is 6.24. The maximum atomic E-state index is 14.4. The van der Waals surface area contributed by atoms with Gasteiger partial charge in [-0.05, 0) is 74.3 Å². The zero-order valence-electron chi connectivity index (χ0n) is 16.9. The van der Waals surface area contributed by atoms with E-state index in [4.69, 9.17) is 4.74 Å². The number of aryl methyl sites for hydroxylation is 1. The first-order chi connectivity index (χ1) is 14.2. The molecule has 0 spiro atoms. The fraction of sp³-hybridized carbons (Fsp3) is 0.500. The number of hydrogen-bond acceptors (Lipinski definition) is 3. The van der Waals surface area contributed by atoms with Crippen molar-refractivity contribution in [2.45, 2.75) is 51.0 Å². The lowest BCUT2D eigenvalue weighted by molar-refractivity contribution is -0.149. The third-order valence-corrected chi connectivity index (χ3v) is 6.54. The molecule has 0 bridgehead atoms. The van der Waals surface area contributed by atoms with Crippen molar-refractivity contribution in [2.75, 3.05) is 19.8 Å². The summed E-state index contributed by atoms with van der Waals surface area (Å²) >= 11 is 0. The Labute approximate surface area is 172 Å². The quantitative estimate of drug-likeness (QED) is 0.736. The van der Waals surface area contributed by atoms with E-state index in [-0.39, 0.29) is 17.8 Å². The molecule has 1 atom stereocenters. The molecule has 4 nitrogen and oxygen atoms in total. The van der Waals surface area contributed by atoms with Crippen LogP contribution in [0.3, 0.4) is 0 Å². The molecule has 2 aliphatic heterocycles. The summed E-state index contributed by atoms with van der Waals surface area (Å²) in [6, 6.07) is 11.2. The van der Waals surface area contributed by atoms with Crippen molar-refractivity contribution in [1.29, 1.82) is 0 Å². The Balaban J connectivity index is 1.51. The van der Waals surface area contributed by atoms with Gasteiger partial charge in [0.15, 0.2) is 0 Å². The third-order valence-electron chi connectivity index (χ3n) is 6.54. The fourth-order valence-corrected chi connectivity index (χ4v) is 4.83. The predicted molar refractivity (Wildman–Crippen MR) is 110 cm³/mol. The van der Waals surface area contributed by atoms with Gasteiger partial charge < -0.3 is 9.64 Å². The van der Waals surface area contributed by atoms with Crippen molar-refractivity contribution in [3.8, 4) is 0 Å². The largest absolute Gasteiger partial charge is 0.381 e. The first-order valence-electron chi connectivity index (χ1n) is 10.7. The zero-order chi connectivity index (χ0) is 20.1. The summed E-state index contributed by atoms with van der Waals surface area (Å²) in [6.07, 6.45) is 9.40. The van der Waals surface area contributed by atoms with Crippen LogP contribution in [0.25, 0.3) is 0 Å². The van der Waals surface area contributed by atoms with E-state index in [2.05, 4.69) is 9.88 Å². The minimum Gasteiger partial charge on any atom is -0.381 e. The van der Waals surface area contributed by atoms with Crippen LogP contribution in [0.1, 0.15) is 43.2 Å². The van der Waals surface area contributed by atoms with E-state index in [0.29, 0.717) is 38.0 Å². The SMILES string of the molecule is O=C(N1CCC[C@@H]1CCc1ccncc1)C1(Cc2ccccc2F)CCOCC1. The topological polar surface area (TPSA) is 42.4 Å². The minimum absolute atomic E-state index is 0.196. The van der Waals surface area contributed by atoms with Gasteiger partial charge in [-0.25, -0.2) is 4.39 Å². The van der Waals surface area contributed by atoms with E-state index in [1.54, 1.807) is 6.07 Å². The molecule has 0 aliphatic carbocycles. The predicted octanol–water partition coefficient (Wildman–Crippen LogP) is 4.18. The molecule has 2 fully saturated rings. The maximum absolute atomic E-state index is 14.4. The van der Waals surface area contributed by atoms with Gasteiger partial charge in [0.05, 0.1) is 5.41 Å². The molecule has 2 aromatic rings. The summed E-state index contributed by atoms with van der Waals surface area (Å²) < 4.78 is 19.9. The number of aromatic nitrogens is 1. The number of halogens is 1. The van der Waals surface area contributed by atoms with E-state index in [1.165, 1.54) is 11.6 Å². The van der Waals surface area contributed by atoms with E-state index in [9.17, 15) is 9.18 Å². The van der Waals surface area contributed by atoms with Crippen molar-refractivity contribution in [2.24, 2.45) is 5.41 Å². The lowest BCUT2D eigenvalue weighted by Gasteiger charge is -2.40. The van der Waals surface area contributed by atoms with Gasteiger partial charge in [-0.2, -0.15) is 0 Å². The molecular weight excluding hydrogens is 367 g/mol. The summed E-state index contributed by atoms with van der Waals surface area (Å²) in [4.78, 5) is 20.0. The molecule has 5 heteroatoms. The van der Waals surface area contributed by atoms with Gasteiger partial charge in [0.2, 0.25) is 5.91 Å². The van der Waals surface area contributed by atoms with Gasteiger partial charge >= 0.3 is 0 Å². The molecule has 1 aromatic heterocycles. The summed E-state index contributed by atoms with van der Waals surface area (Å²) in [7, 11) is 0. The van der Waals surface area contributed by atoms with Crippen LogP contribution in [-0.2, 0) is 22.4 Å². The number of rotatable bonds is 6. The molecule has 0 unspecified atom stereocenters. The Bertz CT molecular complexity index is 821. The van der Waals surface area contributed by atoms with Crippen LogP contribution in [0.15, 0.2) is 48.8 Å². The summed E-state index contributed by atoms with van der Waals surface area (Å²) in [5, 5.41) is 0. The van der Waals surface area contributed by atoms with Gasteiger partial charge in [0.1, 0.15) is 5.82 Å². The highest BCUT2D eigenvalue weighted by Crippen LogP contribution is 2.39. The van der Waals surface area contributed by atoms with Crippen LogP contribution < -0.4 is 0 Å². The normalized spacial score (nSPS) is 21.3. The monoisotopic (exact) mass is 396 g/mol. The van der Waals surface area contributed by atoms with Gasteiger partial charge in [-0.15, -0.1) is 0 Å². The molecule has 0 radical (unpaired) electrons. The van der Waals surface area contributed by atoms with Crippen LogP contribution in [0.2, 0.25) is 0 Å². The van der Waals surface area contributed by atoms with Gasteiger partial charge in [0, 0.05) is 38.2 Å². The molecule has 0 N–H and O–H groups in total. The molecule has 3 heterocycles. The van der Waals surface area contributed by atoms with Crippen molar-refractivity contribution in [1.82, 2.24) is 9.88 Å². The second kappa shape index (κ2) is 9.04. The average Bonchev–Trinajstić information content (AvgIpc) is 3.23. The summed E-state index contributed by atoms with van der Waals surface area (Å²) in [5.74, 6) is -0.0249. The van der Waals surface area contributed by atoms with Crippen LogP contribution in [0, 0.1) is 11.2 Å². The smallest absolute Gasteiger partial charge is 0.229 e. The van der Waals surface area contributed by atoms with Crippen molar-refractivity contribution in [3.05, 3.63) is 65.7 Å². The highest BCUT2D eigenvalue weighted by atomic mass is 19.1. The Hall–Kier alpha value is -2.27. The van der Waals surface area contributed by atoms with Crippen LogP contribution in [0.4, 0.5) is 4.39 Å². The number of carbonyl (C=O) groups excluding carboxylic acids is 1. The first kappa shape index (κ1) is 20.0. The van der Waals surface area contributed by atoms with E-state index < -0.39 is 5.41 Å². The van der Waals surface area contributed by atoms with Crippen LogP contribution >= 0.6 is 0 Å². The molecule has 4 rings (SSSR count). The zero-order valence-corrected chi connectivity index (χ0v) is 16.9. The lowest BCUT2D eigenvalue weighted by Crippen LogP contribution is -2.50. The Morgan fingerprint density at radius 2 is 1.93 bits per heavy atom. The van der Waals surface area contributed by atoms with E-state index >= 15 is 0 Å². The second-order valence-corrected chi connectivity index (χ2v) is 8.35. The standard InChI is InChI=1S/C24H29FN2O2/c25-22-6-2-1-4-20(22)18-24(11-16-29-17-12-24)23(28)27-15-3-5-21(27)8-7-19-9-13-26-14-10-19/h1-2,4,6,9-10,13-14,21H,3,5,7-8,11-12,15-18H2/t21-/m1/s1. The average molecular weight is 397 g/mol. The number of carbonyl (C=O) groups is 1. The lowest BCUT2D eigenvalue weighted by atomic mass is 9.73. The van der Waals surface area contributed by atoms with Crippen molar-refractivity contribution < 1.29 is 13.9 Å². The van der Waals surface area contributed by atoms with Crippen LogP contribution in [-0.4, -0.2) is 41.6 Å². The minimum atomic E-state index is -0.556. The number of hydrogen-bond donors (Lipinski definition) is 0. The van der Waals surface area contributed by atoms with Crippen molar-refractivity contribution in [3.63, 3.8) is 0 Å². The first-order valence-corrected chi connectivity index (χ1v) is 10.7. The van der Waals surface area contributed by atoms with E-state index in [0.717, 1.165) is 32.2 Å². The van der Waals surface area contributed by atoms with Crippen LogP contribution in [0.5, 0.6) is 0 Å². The molecule has 0 saturated carbocycles. The second-order valence-electron chi connectivity index (χ2n) is 8.35. The third kappa shape index (κ3) is 4.50. The van der Waals surface area contributed by atoms with Crippen molar-refractivity contribution >= 4 is 5.91 Å².